The summed E-state index contributed by atoms with van der Waals surface area (Å²) in [6.07, 6.45) is 4.30. The topological polar surface area (TPSA) is 59.5 Å². The van der Waals surface area contributed by atoms with Crippen LogP contribution in [-0.2, 0) is 0 Å². The molecule has 1 fully saturated rings. The van der Waals surface area contributed by atoms with Crippen LogP contribution in [0.4, 0.5) is 17.5 Å². The van der Waals surface area contributed by atoms with Gasteiger partial charge < -0.3 is 19.7 Å². The van der Waals surface area contributed by atoms with Crippen molar-refractivity contribution in [2.45, 2.75) is 19.8 Å². The van der Waals surface area contributed by atoms with Crippen LogP contribution in [0, 0.1) is 5.92 Å². The zero-order chi connectivity index (χ0) is 16.9. The van der Waals surface area contributed by atoms with Gasteiger partial charge in [0, 0.05) is 31.0 Å². The Morgan fingerprint density at radius 2 is 2.00 bits per heavy atom. The number of benzene rings is 1. The van der Waals surface area contributed by atoms with Crippen molar-refractivity contribution < 1.29 is 9.47 Å². The van der Waals surface area contributed by atoms with Gasteiger partial charge in [0.25, 0.3) is 0 Å². The van der Waals surface area contributed by atoms with Gasteiger partial charge in [0.15, 0.2) is 11.5 Å². The first-order chi connectivity index (χ1) is 11.7. The first kappa shape index (κ1) is 16.4. The van der Waals surface area contributed by atoms with E-state index in [1.54, 1.807) is 20.4 Å². The van der Waals surface area contributed by atoms with E-state index in [1.807, 2.05) is 24.3 Å². The van der Waals surface area contributed by atoms with Crippen LogP contribution in [0.2, 0.25) is 0 Å². The highest BCUT2D eigenvalue weighted by Crippen LogP contribution is 2.31. The average molecular weight is 328 g/mol. The molecule has 1 aliphatic rings. The highest BCUT2D eigenvalue weighted by Gasteiger charge is 2.18. The molecule has 24 heavy (non-hydrogen) atoms. The van der Waals surface area contributed by atoms with Crippen LogP contribution in [0.1, 0.15) is 19.8 Å². The number of nitrogens with one attached hydrogen (secondary N) is 1. The quantitative estimate of drug-likeness (QED) is 0.907. The Morgan fingerprint density at radius 1 is 1.17 bits per heavy atom. The number of aromatic nitrogens is 2. The fraction of sp³-hybridized carbons (Fsp3) is 0.444. The summed E-state index contributed by atoms with van der Waals surface area (Å²) in [5.74, 6) is 3.62. The summed E-state index contributed by atoms with van der Waals surface area (Å²) in [5, 5.41) is 3.24. The van der Waals surface area contributed by atoms with Crippen molar-refractivity contribution in [1.82, 2.24) is 9.97 Å². The lowest BCUT2D eigenvalue weighted by Crippen LogP contribution is -2.34. The van der Waals surface area contributed by atoms with Gasteiger partial charge in [-0.2, -0.15) is 4.98 Å². The molecule has 0 bridgehead atoms. The molecule has 0 amide bonds. The molecule has 1 atom stereocenters. The van der Waals surface area contributed by atoms with E-state index < -0.39 is 0 Å². The van der Waals surface area contributed by atoms with Gasteiger partial charge in [0.05, 0.1) is 14.2 Å². The molecule has 1 aromatic heterocycles. The zero-order valence-corrected chi connectivity index (χ0v) is 14.5. The first-order valence-electron chi connectivity index (χ1n) is 8.26. The number of methoxy groups -OCH3 is 2. The Labute approximate surface area is 142 Å². The van der Waals surface area contributed by atoms with E-state index in [9.17, 15) is 0 Å². The first-order valence-corrected chi connectivity index (χ1v) is 8.26. The summed E-state index contributed by atoms with van der Waals surface area (Å²) in [6, 6.07) is 7.62. The monoisotopic (exact) mass is 328 g/mol. The number of nitrogens with zero attached hydrogens (tertiary/aromatic N) is 3. The summed E-state index contributed by atoms with van der Waals surface area (Å²) < 4.78 is 10.6. The minimum atomic E-state index is 0.581. The van der Waals surface area contributed by atoms with Gasteiger partial charge in [0.2, 0.25) is 5.95 Å². The molecule has 1 aromatic carbocycles. The van der Waals surface area contributed by atoms with Crippen molar-refractivity contribution in [2.75, 3.05) is 37.5 Å². The predicted molar refractivity (Wildman–Crippen MR) is 95.5 cm³/mol. The largest absolute Gasteiger partial charge is 0.493 e. The molecule has 0 spiro atoms. The summed E-state index contributed by atoms with van der Waals surface area (Å²) in [7, 11) is 3.24. The van der Waals surface area contributed by atoms with Gasteiger partial charge in [-0.15, -0.1) is 0 Å². The average Bonchev–Trinajstić information content (AvgIpc) is 2.62. The van der Waals surface area contributed by atoms with E-state index in [1.165, 1.54) is 12.8 Å². The van der Waals surface area contributed by atoms with Crippen molar-refractivity contribution >= 4 is 17.5 Å². The van der Waals surface area contributed by atoms with Gasteiger partial charge in [-0.3, -0.25) is 0 Å². The fourth-order valence-corrected chi connectivity index (χ4v) is 3.03. The number of hydrogen-bond acceptors (Lipinski definition) is 6. The second-order valence-corrected chi connectivity index (χ2v) is 6.13. The standard InChI is InChI=1S/C18H24N4O2/c1-13-5-4-10-22(12-13)17-8-9-19-18(21-17)20-14-6-7-15(23-2)16(11-14)24-3/h6-9,11,13H,4-5,10,12H2,1-3H3,(H,19,20,21). The molecule has 2 heterocycles. The molecular weight excluding hydrogens is 304 g/mol. The second-order valence-electron chi connectivity index (χ2n) is 6.13. The van der Waals surface area contributed by atoms with Crippen molar-refractivity contribution in [3.8, 4) is 11.5 Å². The Morgan fingerprint density at radius 3 is 2.75 bits per heavy atom. The minimum Gasteiger partial charge on any atom is -0.493 e. The van der Waals surface area contributed by atoms with E-state index in [2.05, 4.69) is 27.1 Å². The Kier molecular flexibility index (Phi) is 5.03. The molecule has 1 aliphatic heterocycles. The van der Waals surface area contributed by atoms with Crippen molar-refractivity contribution in [1.29, 1.82) is 0 Å². The lowest BCUT2D eigenvalue weighted by molar-refractivity contribution is 0.355. The molecule has 6 heteroatoms. The van der Waals surface area contributed by atoms with Gasteiger partial charge in [-0.25, -0.2) is 4.98 Å². The molecule has 0 aliphatic carbocycles. The predicted octanol–water partition coefficient (Wildman–Crippen LogP) is 3.47. The normalized spacial score (nSPS) is 17.5. The Bertz CT molecular complexity index is 692. The molecule has 3 rings (SSSR count). The molecule has 1 saturated heterocycles. The van der Waals surface area contributed by atoms with Crippen LogP contribution in [0.25, 0.3) is 0 Å². The number of ether oxygens (including phenoxy) is 2. The van der Waals surface area contributed by atoms with E-state index in [-0.39, 0.29) is 0 Å². The minimum absolute atomic E-state index is 0.581. The number of piperidine rings is 1. The number of anilines is 3. The number of rotatable bonds is 5. The summed E-state index contributed by atoms with van der Waals surface area (Å²) in [4.78, 5) is 11.3. The molecule has 1 unspecified atom stereocenters. The van der Waals surface area contributed by atoms with Crippen LogP contribution in [0.15, 0.2) is 30.5 Å². The van der Waals surface area contributed by atoms with Gasteiger partial charge in [0.1, 0.15) is 5.82 Å². The van der Waals surface area contributed by atoms with Gasteiger partial charge in [-0.05, 0) is 37.0 Å². The zero-order valence-electron chi connectivity index (χ0n) is 14.5. The van der Waals surface area contributed by atoms with Gasteiger partial charge in [-0.1, -0.05) is 6.92 Å². The second kappa shape index (κ2) is 7.38. The maximum atomic E-state index is 5.33. The third-order valence-corrected chi connectivity index (χ3v) is 4.26. The maximum Gasteiger partial charge on any atom is 0.229 e. The molecule has 0 radical (unpaired) electrons. The lowest BCUT2D eigenvalue weighted by atomic mass is 10.0. The summed E-state index contributed by atoms with van der Waals surface area (Å²) in [5.41, 5.74) is 0.858. The highest BCUT2D eigenvalue weighted by molar-refractivity contribution is 5.60. The third-order valence-electron chi connectivity index (χ3n) is 4.26. The van der Waals surface area contributed by atoms with E-state index in [0.717, 1.165) is 24.6 Å². The molecule has 6 nitrogen and oxygen atoms in total. The van der Waals surface area contributed by atoms with Crippen LogP contribution >= 0.6 is 0 Å². The highest BCUT2D eigenvalue weighted by atomic mass is 16.5. The maximum absolute atomic E-state index is 5.33. The van der Waals surface area contributed by atoms with Crippen LogP contribution < -0.4 is 19.7 Å². The molecule has 2 aromatic rings. The van der Waals surface area contributed by atoms with Crippen LogP contribution in [-0.4, -0.2) is 37.3 Å². The third kappa shape index (κ3) is 3.69. The lowest BCUT2D eigenvalue weighted by Gasteiger charge is -2.31. The molecule has 0 saturated carbocycles. The van der Waals surface area contributed by atoms with E-state index in [4.69, 9.17) is 9.47 Å². The van der Waals surface area contributed by atoms with Crippen molar-refractivity contribution in [2.24, 2.45) is 5.92 Å². The van der Waals surface area contributed by atoms with E-state index in [0.29, 0.717) is 23.4 Å². The van der Waals surface area contributed by atoms with E-state index >= 15 is 0 Å². The smallest absolute Gasteiger partial charge is 0.229 e. The molecule has 128 valence electrons. The van der Waals surface area contributed by atoms with Gasteiger partial charge >= 0.3 is 0 Å². The Hall–Kier alpha value is -2.50. The van der Waals surface area contributed by atoms with Crippen molar-refractivity contribution in [3.63, 3.8) is 0 Å². The van der Waals surface area contributed by atoms with Crippen LogP contribution in [0.5, 0.6) is 11.5 Å². The molecule has 1 N–H and O–H groups in total. The fourth-order valence-electron chi connectivity index (χ4n) is 3.03. The Balaban J connectivity index is 1.77. The molecular formula is C18H24N4O2. The summed E-state index contributed by atoms with van der Waals surface area (Å²) >= 11 is 0. The summed E-state index contributed by atoms with van der Waals surface area (Å²) in [6.45, 7) is 4.39. The van der Waals surface area contributed by atoms with Crippen molar-refractivity contribution in [3.05, 3.63) is 30.5 Å². The van der Waals surface area contributed by atoms with Crippen LogP contribution in [0.3, 0.4) is 0 Å². The number of hydrogen-bond donors (Lipinski definition) is 1. The SMILES string of the molecule is COc1ccc(Nc2nccc(N3CCCC(C)C3)n2)cc1OC.